The number of carbonyl (C=O) groups excluding carboxylic acids is 4. The number of hydrogen-bond donors (Lipinski definition) is 1. The molecular formula is C28H26F3N3O9S. The van der Waals surface area contributed by atoms with Crippen molar-refractivity contribution in [3.05, 3.63) is 71.2 Å². The van der Waals surface area contributed by atoms with Crippen molar-refractivity contribution < 1.29 is 56.0 Å². The van der Waals surface area contributed by atoms with Gasteiger partial charge in [0.1, 0.15) is 24.4 Å². The number of aromatic nitrogens is 3. The molecule has 5 atom stereocenters. The van der Waals surface area contributed by atoms with Gasteiger partial charge in [-0.25, -0.2) is 22.6 Å². The molecule has 16 heteroatoms. The lowest BCUT2D eigenvalue weighted by atomic mass is 9.87. The number of benzene rings is 2. The van der Waals surface area contributed by atoms with Crippen molar-refractivity contribution in [3.63, 3.8) is 0 Å². The zero-order chi connectivity index (χ0) is 32.3. The van der Waals surface area contributed by atoms with E-state index in [1.165, 1.54) is 37.6 Å². The number of methoxy groups -OCH3 is 1. The largest absolute Gasteiger partial charge is 0.465 e. The number of nitrogens with zero attached hydrogens (tertiary/aromatic N) is 3. The summed E-state index contributed by atoms with van der Waals surface area (Å²) in [7, 11) is 1.18. The molecule has 2 aromatic carbocycles. The topological polar surface area (TPSA) is 145 Å². The van der Waals surface area contributed by atoms with Crippen LogP contribution in [0.2, 0.25) is 0 Å². The van der Waals surface area contributed by atoms with Crippen LogP contribution in [-0.2, 0) is 43.0 Å². The highest BCUT2D eigenvalue weighted by Crippen LogP contribution is 2.48. The maximum Gasteiger partial charge on any atom is 0.337 e. The summed E-state index contributed by atoms with van der Waals surface area (Å²) < 4.78 is 70.3. The first-order valence-electron chi connectivity index (χ1n) is 12.9. The highest BCUT2D eigenvalue weighted by molar-refractivity contribution is 7.81. The van der Waals surface area contributed by atoms with Crippen molar-refractivity contribution in [3.8, 4) is 11.3 Å². The molecule has 0 bridgehead atoms. The molecule has 0 amide bonds. The lowest BCUT2D eigenvalue weighted by Gasteiger charge is -2.50. The number of ether oxygens (including phenoxy) is 5. The molecule has 1 aliphatic rings. The molecule has 1 saturated heterocycles. The number of esters is 4. The van der Waals surface area contributed by atoms with Crippen LogP contribution in [0, 0.1) is 17.5 Å². The maximum absolute atomic E-state index is 14.0. The van der Waals surface area contributed by atoms with Gasteiger partial charge in [0, 0.05) is 26.3 Å². The van der Waals surface area contributed by atoms with E-state index < -0.39 is 77.2 Å². The summed E-state index contributed by atoms with van der Waals surface area (Å²) in [6.07, 6.45) is -2.99. The molecule has 0 radical (unpaired) electrons. The average molecular weight is 638 g/mol. The predicted molar refractivity (Wildman–Crippen MR) is 145 cm³/mol. The van der Waals surface area contributed by atoms with Crippen molar-refractivity contribution in [2.45, 2.75) is 50.1 Å². The van der Waals surface area contributed by atoms with Crippen LogP contribution in [0.1, 0.15) is 42.7 Å². The molecule has 0 unspecified atom stereocenters. The van der Waals surface area contributed by atoms with E-state index in [9.17, 15) is 32.3 Å². The van der Waals surface area contributed by atoms with Crippen LogP contribution in [-0.4, -0.2) is 70.9 Å². The van der Waals surface area contributed by atoms with Gasteiger partial charge < -0.3 is 23.7 Å². The molecule has 3 aromatic rings. The van der Waals surface area contributed by atoms with Crippen LogP contribution in [0.5, 0.6) is 0 Å². The summed E-state index contributed by atoms with van der Waals surface area (Å²) in [5, 5.41) is 7.97. The van der Waals surface area contributed by atoms with Crippen LogP contribution in [0.25, 0.3) is 11.3 Å². The number of carbonyl (C=O) groups is 4. The average Bonchev–Trinajstić information content (AvgIpc) is 3.45. The summed E-state index contributed by atoms with van der Waals surface area (Å²) in [5.41, 5.74) is -0.0575. The molecule has 0 aliphatic carbocycles. The van der Waals surface area contributed by atoms with E-state index in [0.29, 0.717) is 12.1 Å². The lowest BCUT2D eigenvalue weighted by Crippen LogP contribution is -2.61. The molecule has 1 aromatic heterocycles. The van der Waals surface area contributed by atoms with Gasteiger partial charge in [-0.3, -0.25) is 14.4 Å². The number of hydrogen-bond acceptors (Lipinski definition) is 12. The Bertz CT molecular complexity index is 1580. The van der Waals surface area contributed by atoms with Gasteiger partial charge in [0.05, 0.1) is 18.9 Å². The Kier molecular flexibility index (Phi) is 9.63. The first-order valence-corrected chi connectivity index (χ1v) is 13.3. The molecule has 1 aliphatic heterocycles. The summed E-state index contributed by atoms with van der Waals surface area (Å²) in [5.74, 6) is -7.66. The molecule has 234 valence electrons. The maximum atomic E-state index is 14.0. The summed E-state index contributed by atoms with van der Waals surface area (Å²) >= 11 is 4.78. The van der Waals surface area contributed by atoms with Crippen molar-refractivity contribution >= 4 is 36.5 Å². The third-order valence-corrected chi connectivity index (χ3v) is 7.19. The zero-order valence-electron chi connectivity index (χ0n) is 23.7. The summed E-state index contributed by atoms with van der Waals surface area (Å²) in [6, 6.07) is 5.90. The van der Waals surface area contributed by atoms with E-state index in [1.54, 1.807) is 0 Å². The van der Waals surface area contributed by atoms with Gasteiger partial charge in [-0.1, -0.05) is 17.3 Å². The smallest absolute Gasteiger partial charge is 0.337 e. The fourth-order valence-electron chi connectivity index (χ4n) is 4.75. The minimum atomic E-state index is -1.94. The summed E-state index contributed by atoms with van der Waals surface area (Å²) in [4.78, 5) is 46.9. The number of halogens is 3. The molecule has 12 nitrogen and oxygen atoms in total. The fourth-order valence-corrected chi connectivity index (χ4v) is 5.23. The number of thiol groups is 1. The zero-order valence-corrected chi connectivity index (χ0v) is 24.5. The van der Waals surface area contributed by atoms with Gasteiger partial charge in [0.25, 0.3) is 0 Å². The highest BCUT2D eigenvalue weighted by Gasteiger charge is 2.59. The van der Waals surface area contributed by atoms with Gasteiger partial charge in [-0.15, -0.1) is 17.7 Å². The van der Waals surface area contributed by atoms with Crippen molar-refractivity contribution in [2.75, 3.05) is 13.7 Å². The lowest BCUT2D eigenvalue weighted by molar-refractivity contribution is -0.241. The van der Waals surface area contributed by atoms with Crippen molar-refractivity contribution in [2.24, 2.45) is 0 Å². The van der Waals surface area contributed by atoms with Crippen LogP contribution in [0.3, 0.4) is 0 Å². The van der Waals surface area contributed by atoms with Gasteiger partial charge in [-0.05, 0) is 29.8 Å². The third kappa shape index (κ3) is 6.70. The monoisotopic (exact) mass is 637 g/mol. The van der Waals surface area contributed by atoms with Crippen LogP contribution in [0.4, 0.5) is 13.2 Å². The first kappa shape index (κ1) is 32.5. The van der Waals surface area contributed by atoms with Gasteiger partial charge in [0.2, 0.25) is 0 Å². The van der Waals surface area contributed by atoms with E-state index in [0.717, 1.165) is 25.5 Å². The van der Waals surface area contributed by atoms with Crippen LogP contribution >= 0.6 is 12.6 Å². The van der Waals surface area contributed by atoms with E-state index in [-0.39, 0.29) is 22.4 Å². The van der Waals surface area contributed by atoms with Gasteiger partial charge >= 0.3 is 23.9 Å². The fraction of sp³-hybridized carbons (Fsp3) is 0.357. The van der Waals surface area contributed by atoms with Crippen LogP contribution < -0.4 is 0 Å². The van der Waals surface area contributed by atoms with E-state index >= 15 is 0 Å². The normalized spacial score (nSPS) is 23.0. The second-order valence-electron chi connectivity index (χ2n) is 9.66. The molecule has 44 heavy (non-hydrogen) atoms. The van der Waals surface area contributed by atoms with Crippen molar-refractivity contribution in [1.29, 1.82) is 0 Å². The molecule has 4 rings (SSSR count). The minimum absolute atomic E-state index is 0.0854. The van der Waals surface area contributed by atoms with Crippen molar-refractivity contribution in [1.82, 2.24) is 15.0 Å². The van der Waals surface area contributed by atoms with Gasteiger partial charge in [-0.2, -0.15) is 0 Å². The number of rotatable bonds is 8. The minimum Gasteiger partial charge on any atom is -0.465 e. The Balaban J connectivity index is 1.93. The Morgan fingerprint density at radius 3 is 2.25 bits per heavy atom. The Morgan fingerprint density at radius 2 is 1.66 bits per heavy atom. The second-order valence-corrected chi connectivity index (χ2v) is 10.3. The first-order chi connectivity index (χ1) is 20.7. The molecular weight excluding hydrogens is 611 g/mol. The molecule has 2 heterocycles. The SMILES string of the molecule is COC(=O)c1cccc([C@@]2(S)O[C@@H](COC(C)=O)[C@@H](OC(C)=O)[C@@H](n3cc(-c4cc(F)c(F)c(F)c4)nn3)[C@@H]2OC(C)=O)c1. The highest BCUT2D eigenvalue weighted by atomic mass is 32.1. The van der Waals surface area contributed by atoms with Gasteiger partial charge in [0.15, 0.2) is 34.6 Å². The Morgan fingerprint density at radius 1 is 1.00 bits per heavy atom. The van der Waals surface area contributed by atoms with E-state index in [1.807, 2.05) is 0 Å². The molecule has 1 fully saturated rings. The van der Waals surface area contributed by atoms with Crippen LogP contribution in [0.15, 0.2) is 42.6 Å². The Labute approximate surface area is 253 Å². The molecule has 0 saturated carbocycles. The molecule has 0 spiro atoms. The third-order valence-electron chi connectivity index (χ3n) is 6.57. The predicted octanol–water partition coefficient (Wildman–Crippen LogP) is 3.30. The standard InChI is InChI=1S/C28H26F3N3O9S/c1-13(35)40-12-22-25(41-14(2)36)24(34-11-21(32-33-34)17-9-19(29)23(31)20(30)10-17)26(42-15(3)37)28(44,43-22)18-7-5-6-16(8-18)27(38)39-4/h5-11,22,24-26,44H,12H2,1-4H3/t22-,24+,25+,26-,28-/m0/s1. The van der Waals surface area contributed by atoms with E-state index in [4.69, 9.17) is 36.3 Å². The Hall–Kier alpha value is -4.44. The second kappa shape index (κ2) is 13.1. The quantitative estimate of drug-likeness (QED) is 0.168. The van der Waals surface area contributed by atoms with E-state index in [2.05, 4.69) is 10.3 Å². The molecule has 0 N–H and O–H groups in total. The summed E-state index contributed by atoms with van der Waals surface area (Å²) in [6.45, 7) is 2.85.